The van der Waals surface area contributed by atoms with Gasteiger partial charge < -0.3 is 14.6 Å². The summed E-state index contributed by atoms with van der Waals surface area (Å²) in [5.74, 6) is 0. The summed E-state index contributed by atoms with van der Waals surface area (Å²) in [5, 5.41) is 4.48. The van der Waals surface area contributed by atoms with Crippen LogP contribution in [-0.4, -0.2) is 42.7 Å². The number of rotatable bonds is 2. The lowest BCUT2D eigenvalue weighted by Crippen LogP contribution is -2.42. The van der Waals surface area contributed by atoms with Gasteiger partial charge in [-0.3, -0.25) is 9.78 Å². The van der Waals surface area contributed by atoms with Crippen LogP contribution in [0.5, 0.6) is 0 Å². The van der Waals surface area contributed by atoms with Crippen molar-refractivity contribution in [3.63, 3.8) is 0 Å². The lowest BCUT2D eigenvalue weighted by molar-refractivity contribution is 0.0219. The van der Waals surface area contributed by atoms with E-state index in [4.69, 9.17) is 4.74 Å². The third kappa shape index (κ3) is 3.49. The number of aromatic amines is 1. The first-order valence-electron chi connectivity index (χ1n) is 9.29. The van der Waals surface area contributed by atoms with Crippen molar-refractivity contribution in [3.8, 4) is 0 Å². The Morgan fingerprint density at radius 1 is 1.32 bits per heavy atom. The zero-order valence-electron chi connectivity index (χ0n) is 16.2. The zero-order chi connectivity index (χ0) is 19.9. The maximum absolute atomic E-state index is 12.6. The van der Waals surface area contributed by atoms with E-state index in [0.29, 0.717) is 37.1 Å². The zero-order valence-corrected chi connectivity index (χ0v) is 16.2. The minimum Gasteiger partial charge on any atom is -0.444 e. The second-order valence-corrected chi connectivity index (χ2v) is 8.00. The van der Waals surface area contributed by atoms with Crippen molar-refractivity contribution in [2.24, 2.45) is 0 Å². The summed E-state index contributed by atoms with van der Waals surface area (Å²) in [6, 6.07) is 3.86. The fraction of sp³-hybridized carbons (Fsp3) is 0.400. The number of H-pyrrole nitrogens is 1. The van der Waals surface area contributed by atoms with Gasteiger partial charge in [0.1, 0.15) is 11.2 Å². The van der Waals surface area contributed by atoms with Crippen LogP contribution in [0, 0.1) is 0 Å². The fourth-order valence-corrected chi connectivity index (χ4v) is 3.42. The molecule has 0 unspecified atom stereocenters. The maximum Gasteiger partial charge on any atom is 0.410 e. The molecular weight excluding hydrogens is 358 g/mol. The molecule has 1 aliphatic heterocycles. The highest BCUT2D eigenvalue weighted by Crippen LogP contribution is 2.21. The van der Waals surface area contributed by atoms with Gasteiger partial charge in [0.15, 0.2) is 0 Å². The fourth-order valence-electron chi connectivity index (χ4n) is 3.42. The van der Waals surface area contributed by atoms with Gasteiger partial charge in [-0.05, 0) is 38.8 Å². The minimum atomic E-state index is -0.566. The summed E-state index contributed by atoms with van der Waals surface area (Å²) in [5.41, 5.74) is 3.30. The first-order valence-corrected chi connectivity index (χ1v) is 9.29. The van der Waals surface area contributed by atoms with E-state index in [9.17, 15) is 9.59 Å². The normalized spacial score (nSPS) is 14.2. The molecule has 8 heteroatoms. The standard InChI is InChI=1S/C20H23N5O3/c1-20(2,3)28-19(27)24-8-6-15-16(12-24)25-17(23-18(15)26)14(11-22-25)9-13-5-4-7-21-10-13/h4-5,7,10-11H,6,8-9,12H2,1-3H3,(H,23,26). The third-order valence-corrected chi connectivity index (χ3v) is 4.70. The van der Waals surface area contributed by atoms with Gasteiger partial charge in [-0.15, -0.1) is 0 Å². The van der Waals surface area contributed by atoms with Crippen LogP contribution in [0.15, 0.2) is 35.5 Å². The molecule has 4 rings (SSSR count). The van der Waals surface area contributed by atoms with Crippen molar-refractivity contribution < 1.29 is 9.53 Å². The molecule has 8 nitrogen and oxygen atoms in total. The Bertz CT molecular complexity index is 1080. The van der Waals surface area contributed by atoms with E-state index in [2.05, 4.69) is 15.1 Å². The Balaban J connectivity index is 1.69. The predicted molar refractivity (Wildman–Crippen MR) is 103 cm³/mol. The van der Waals surface area contributed by atoms with Gasteiger partial charge >= 0.3 is 6.09 Å². The molecule has 0 bridgehead atoms. The molecule has 1 aliphatic rings. The average Bonchev–Trinajstić information content (AvgIpc) is 3.04. The van der Waals surface area contributed by atoms with Crippen LogP contribution < -0.4 is 5.56 Å². The number of ether oxygens (including phenoxy) is 1. The molecule has 0 saturated carbocycles. The maximum atomic E-state index is 12.6. The van der Waals surface area contributed by atoms with Gasteiger partial charge in [0.25, 0.3) is 5.56 Å². The summed E-state index contributed by atoms with van der Waals surface area (Å²) >= 11 is 0. The molecule has 0 atom stereocenters. The number of hydrogen-bond acceptors (Lipinski definition) is 5. The molecule has 3 aromatic rings. The lowest BCUT2D eigenvalue weighted by atomic mass is 10.1. The first-order chi connectivity index (χ1) is 13.3. The summed E-state index contributed by atoms with van der Waals surface area (Å²) in [7, 11) is 0. The third-order valence-electron chi connectivity index (χ3n) is 4.70. The van der Waals surface area contributed by atoms with Gasteiger partial charge in [0, 0.05) is 36.5 Å². The number of amides is 1. The van der Waals surface area contributed by atoms with Crippen molar-refractivity contribution in [1.82, 2.24) is 24.5 Å². The van der Waals surface area contributed by atoms with Crippen molar-refractivity contribution in [2.45, 2.75) is 45.8 Å². The van der Waals surface area contributed by atoms with Crippen LogP contribution >= 0.6 is 0 Å². The monoisotopic (exact) mass is 381 g/mol. The highest BCUT2D eigenvalue weighted by molar-refractivity contribution is 5.68. The van der Waals surface area contributed by atoms with Crippen LogP contribution in [0.25, 0.3) is 5.65 Å². The van der Waals surface area contributed by atoms with Crippen LogP contribution in [0.2, 0.25) is 0 Å². The molecule has 0 fully saturated rings. The Labute approximate surface area is 162 Å². The van der Waals surface area contributed by atoms with Crippen LogP contribution in [0.4, 0.5) is 4.79 Å². The molecule has 0 saturated heterocycles. The number of carbonyl (C=O) groups is 1. The van der Waals surface area contributed by atoms with E-state index >= 15 is 0 Å². The van der Waals surface area contributed by atoms with Crippen molar-refractivity contribution in [2.75, 3.05) is 6.54 Å². The molecule has 0 aliphatic carbocycles. The van der Waals surface area contributed by atoms with Gasteiger partial charge in [0.2, 0.25) is 0 Å². The Morgan fingerprint density at radius 3 is 2.86 bits per heavy atom. The molecule has 0 spiro atoms. The Hall–Kier alpha value is -3.16. The smallest absolute Gasteiger partial charge is 0.410 e. The number of pyridine rings is 1. The highest BCUT2D eigenvalue weighted by atomic mass is 16.6. The summed E-state index contributed by atoms with van der Waals surface area (Å²) in [6.07, 6.45) is 5.98. The lowest BCUT2D eigenvalue weighted by Gasteiger charge is -2.30. The second-order valence-electron chi connectivity index (χ2n) is 8.00. The van der Waals surface area contributed by atoms with E-state index in [-0.39, 0.29) is 11.7 Å². The molecule has 1 N–H and O–H groups in total. The molecule has 28 heavy (non-hydrogen) atoms. The molecule has 4 heterocycles. The quantitative estimate of drug-likeness (QED) is 0.735. The predicted octanol–water partition coefficient (Wildman–Crippen LogP) is 2.30. The topological polar surface area (TPSA) is 92.6 Å². The largest absolute Gasteiger partial charge is 0.444 e. The second kappa shape index (κ2) is 6.78. The summed E-state index contributed by atoms with van der Waals surface area (Å²) < 4.78 is 7.22. The van der Waals surface area contributed by atoms with Crippen molar-refractivity contribution >= 4 is 11.7 Å². The highest BCUT2D eigenvalue weighted by Gasteiger charge is 2.29. The summed E-state index contributed by atoms with van der Waals surface area (Å²) in [6.45, 7) is 6.25. The molecule has 0 radical (unpaired) electrons. The SMILES string of the molecule is CC(C)(C)OC(=O)N1CCc2c(n3ncc(Cc4cccnc4)c3[nH]c2=O)C1. The van der Waals surface area contributed by atoms with E-state index < -0.39 is 5.60 Å². The first kappa shape index (κ1) is 18.2. The van der Waals surface area contributed by atoms with Gasteiger partial charge in [-0.1, -0.05) is 6.07 Å². The molecular formula is C20H23N5O3. The van der Waals surface area contributed by atoms with E-state index in [1.807, 2.05) is 32.9 Å². The number of fused-ring (bicyclic) bond motifs is 3. The van der Waals surface area contributed by atoms with Gasteiger partial charge in [-0.2, -0.15) is 5.10 Å². The van der Waals surface area contributed by atoms with Gasteiger partial charge in [0.05, 0.1) is 18.4 Å². The molecule has 3 aromatic heterocycles. The van der Waals surface area contributed by atoms with E-state index in [1.165, 1.54) is 0 Å². The van der Waals surface area contributed by atoms with Crippen LogP contribution in [-0.2, 0) is 24.1 Å². The minimum absolute atomic E-state index is 0.126. The Kier molecular flexibility index (Phi) is 4.41. The number of hydrogen-bond donors (Lipinski definition) is 1. The molecule has 1 amide bonds. The number of nitrogens with one attached hydrogen (secondary N) is 1. The van der Waals surface area contributed by atoms with E-state index in [0.717, 1.165) is 16.8 Å². The Morgan fingerprint density at radius 2 is 2.14 bits per heavy atom. The van der Waals surface area contributed by atoms with Crippen molar-refractivity contribution in [3.05, 3.63) is 63.5 Å². The van der Waals surface area contributed by atoms with E-state index in [1.54, 1.807) is 28.0 Å². The molecule has 0 aromatic carbocycles. The average molecular weight is 381 g/mol. The summed E-state index contributed by atoms with van der Waals surface area (Å²) in [4.78, 5) is 33.8. The molecule has 146 valence electrons. The number of carbonyl (C=O) groups excluding carboxylic acids is 1. The van der Waals surface area contributed by atoms with Crippen LogP contribution in [0.3, 0.4) is 0 Å². The van der Waals surface area contributed by atoms with Crippen LogP contribution in [0.1, 0.15) is 43.2 Å². The van der Waals surface area contributed by atoms with Gasteiger partial charge in [-0.25, -0.2) is 9.31 Å². The number of nitrogens with zero attached hydrogens (tertiary/aromatic N) is 4. The van der Waals surface area contributed by atoms with Crippen molar-refractivity contribution in [1.29, 1.82) is 0 Å². The number of aromatic nitrogens is 4.